The van der Waals surface area contributed by atoms with Crippen LogP contribution >= 0.6 is 11.6 Å². The van der Waals surface area contributed by atoms with Gasteiger partial charge in [0.2, 0.25) is 0 Å². The Kier molecular flexibility index (Phi) is 2.10. The van der Waals surface area contributed by atoms with Crippen molar-refractivity contribution >= 4 is 11.6 Å². The Labute approximate surface area is 78.6 Å². The lowest BCUT2D eigenvalue weighted by Crippen LogP contribution is -2.10. The summed E-state index contributed by atoms with van der Waals surface area (Å²) in [4.78, 5) is 0. The summed E-state index contributed by atoms with van der Waals surface area (Å²) >= 11 is 6.04. The summed E-state index contributed by atoms with van der Waals surface area (Å²) in [7, 11) is 0. The van der Waals surface area contributed by atoms with E-state index >= 15 is 0 Å². The van der Waals surface area contributed by atoms with Crippen LogP contribution in [0.25, 0.3) is 0 Å². The monoisotopic (exact) mass is 180 g/mol. The molecule has 1 fully saturated rings. The molecule has 0 nitrogen and oxygen atoms in total. The molecule has 0 radical (unpaired) electrons. The van der Waals surface area contributed by atoms with Gasteiger partial charge in [0, 0.05) is 5.02 Å². The van der Waals surface area contributed by atoms with E-state index in [9.17, 15) is 0 Å². The molecule has 1 heteroatoms. The van der Waals surface area contributed by atoms with Crippen molar-refractivity contribution in [1.82, 2.24) is 0 Å². The molecule has 0 saturated heterocycles. The van der Waals surface area contributed by atoms with Crippen molar-refractivity contribution in [2.45, 2.75) is 32.1 Å². The summed E-state index contributed by atoms with van der Waals surface area (Å²) in [5.41, 5.74) is 2.75. The van der Waals surface area contributed by atoms with E-state index in [0.29, 0.717) is 0 Å². The van der Waals surface area contributed by atoms with Crippen molar-refractivity contribution in [3.63, 3.8) is 0 Å². The molecule has 12 heavy (non-hydrogen) atoms. The van der Waals surface area contributed by atoms with Crippen LogP contribution in [0.1, 0.15) is 36.3 Å². The lowest BCUT2D eigenvalue weighted by molar-refractivity contribution is 0.418. The van der Waals surface area contributed by atoms with Gasteiger partial charge in [0.1, 0.15) is 0 Å². The Morgan fingerprint density at radius 3 is 2.67 bits per heavy atom. The molecule has 0 aliphatic heterocycles. The number of halogens is 1. The molecule has 0 unspecified atom stereocenters. The minimum atomic E-state index is 0.795. The summed E-state index contributed by atoms with van der Waals surface area (Å²) in [6.45, 7) is 2.12. The molecule has 0 N–H and O–H groups in total. The van der Waals surface area contributed by atoms with Crippen LogP contribution in [0.15, 0.2) is 18.2 Å². The van der Waals surface area contributed by atoms with E-state index in [2.05, 4.69) is 19.1 Å². The SMILES string of the molecule is Cc1c(Cl)cccc1C1CCC1. The zero-order valence-corrected chi connectivity index (χ0v) is 8.06. The fraction of sp³-hybridized carbons (Fsp3) is 0.455. The van der Waals surface area contributed by atoms with Gasteiger partial charge in [-0.1, -0.05) is 30.2 Å². The maximum absolute atomic E-state index is 6.04. The molecule has 0 atom stereocenters. The number of hydrogen-bond acceptors (Lipinski definition) is 0. The van der Waals surface area contributed by atoms with Crippen LogP contribution in [0.4, 0.5) is 0 Å². The highest BCUT2D eigenvalue weighted by Gasteiger charge is 2.21. The molecular weight excluding hydrogens is 168 g/mol. The zero-order valence-electron chi connectivity index (χ0n) is 7.31. The van der Waals surface area contributed by atoms with Crippen LogP contribution in [0.3, 0.4) is 0 Å². The van der Waals surface area contributed by atoms with Gasteiger partial charge in [0.15, 0.2) is 0 Å². The quantitative estimate of drug-likeness (QED) is 0.615. The van der Waals surface area contributed by atoms with Crippen molar-refractivity contribution < 1.29 is 0 Å². The van der Waals surface area contributed by atoms with E-state index in [4.69, 9.17) is 11.6 Å². The Balaban J connectivity index is 2.36. The first-order chi connectivity index (χ1) is 5.79. The Morgan fingerprint density at radius 2 is 2.08 bits per heavy atom. The minimum absolute atomic E-state index is 0.795. The van der Waals surface area contributed by atoms with Crippen LogP contribution in [0, 0.1) is 6.92 Å². The molecule has 1 aliphatic carbocycles. The minimum Gasteiger partial charge on any atom is -0.0840 e. The smallest absolute Gasteiger partial charge is 0.0438 e. The van der Waals surface area contributed by atoms with Gasteiger partial charge in [-0.25, -0.2) is 0 Å². The molecule has 0 spiro atoms. The van der Waals surface area contributed by atoms with Gasteiger partial charge >= 0.3 is 0 Å². The molecule has 1 saturated carbocycles. The van der Waals surface area contributed by atoms with Gasteiger partial charge in [0.05, 0.1) is 0 Å². The van der Waals surface area contributed by atoms with E-state index < -0.39 is 0 Å². The standard InChI is InChI=1S/C11H13Cl/c1-8-10(9-4-2-5-9)6-3-7-11(8)12/h3,6-7,9H,2,4-5H2,1H3. The molecule has 0 amide bonds. The first-order valence-electron chi connectivity index (χ1n) is 4.54. The largest absolute Gasteiger partial charge is 0.0840 e. The first kappa shape index (κ1) is 8.12. The van der Waals surface area contributed by atoms with Gasteiger partial charge in [-0.15, -0.1) is 0 Å². The molecule has 0 aromatic heterocycles. The fourth-order valence-corrected chi connectivity index (χ4v) is 1.97. The fourth-order valence-electron chi connectivity index (χ4n) is 1.79. The third-order valence-corrected chi connectivity index (χ3v) is 3.26. The van der Waals surface area contributed by atoms with Crippen LogP contribution < -0.4 is 0 Å². The van der Waals surface area contributed by atoms with Crippen molar-refractivity contribution in [3.05, 3.63) is 34.3 Å². The number of benzene rings is 1. The lowest BCUT2D eigenvalue weighted by Gasteiger charge is -2.27. The van der Waals surface area contributed by atoms with E-state index in [1.807, 2.05) is 6.07 Å². The van der Waals surface area contributed by atoms with Crippen LogP contribution in [-0.4, -0.2) is 0 Å². The van der Waals surface area contributed by atoms with E-state index in [1.165, 1.54) is 30.4 Å². The maximum Gasteiger partial charge on any atom is 0.0438 e. The van der Waals surface area contributed by atoms with Crippen LogP contribution in [0.5, 0.6) is 0 Å². The average molecular weight is 181 g/mol. The predicted molar refractivity (Wildman–Crippen MR) is 52.8 cm³/mol. The molecule has 0 bridgehead atoms. The maximum atomic E-state index is 6.04. The second-order valence-electron chi connectivity index (χ2n) is 3.58. The molecule has 64 valence electrons. The van der Waals surface area contributed by atoms with Crippen molar-refractivity contribution in [2.75, 3.05) is 0 Å². The normalized spacial score (nSPS) is 17.5. The van der Waals surface area contributed by atoms with Crippen LogP contribution in [0.2, 0.25) is 5.02 Å². The highest BCUT2D eigenvalue weighted by Crippen LogP contribution is 2.39. The van der Waals surface area contributed by atoms with Crippen molar-refractivity contribution in [1.29, 1.82) is 0 Å². The predicted octanol–water partition coefficient (Wildman–Crippen LogP) is 3.92. The Morgan fingerprint density at radius 1 is 1.33 bits per heavy atom. The van der Waals surface area contributed by atoms with E-state index in [0.717, 1.165) is 10.9 Å². The molecule has 0 heterocycles. The summed E-state index contributed by atoms with van der Waals surface area (Å²) < 4.78 is 0. The van der Waals surface area contributed by atoms with Gasteiger partial charge in [0.25, 0.3) is 0 Å². The first-order valence-corrected chi connectivity index (χ1v) is 4.92. The van der Waals surface area contributed by atoms with Gasteiger partial charge in [-0.2, -0.15) is 0 Å². The lowest BCUT2D eigenvalue weighted by atomic mass is 9.78. The topological polar surface area (TPSA) is 0 Å². The van der Waals surface area contributed by atoms with Gasteiger partial charge in [-0.3, -0.25) is 0 Å². The second kappa shape index (κ2) is 3.10. The number of hydrogen-bond donors (Lipinski definition) is 0. The summed E-state index contributed by atoms with van der Waals surface area (Å²) in [5, 5.41) is 0.916. The molecule has 2 rings (SSSR count). The van der Waals surface area contributed by atoms with Crippen LogP contribution in [-0.2, 0) is 0 Å². The molecule has 1 aromatic carbocycles. The third-order valence-electron chi connectivity index (χ3n) is 2.85. The highest BCUT2D eigenvalue weighted by atomic mass is 35.5. The second-order valence-corrected chi connectivity index (χ2v) is 3.99. The zero-order chi connectivity index (χ0) is 8.55. The molecule has 1 aliphatic rings. The third kappa shape index (κ3) is 1.25. The van der Waals surface area contributed by atoms with E-state index in [-0.39, 0.29) is 0 Å². The Hall–Kier alpha value is -0.490. The molecular formula is C11H13Cl. The Bertz CT molecular complexity index is 287. The van der Waals surface area contributed by atoms with E-state index in [1.54, 1.807) is 0 Å². The average Bonchev–Trinajstić information content (AvgIpc) is 1.95. The summed E-state index contributed by atoms with van der Waals surface area (Å²) in [6.07, 6.45) is 4.08. The summed E-state index contributed by atoms with van der Waals surface area (Å²) in [5.74, 6) is 0.795. The summed E-state index contributed by atoms with van der Waals surface area (Å²) in [6, 6.07) is 6.24. The highest BCUT2D eigenvalue weighted by molar-refractivity contribution is 6.31. The van der Waals surface area contributed by atoms with Crippen molar-refractivity contribution in [2.24, 2.45) is 0 Å². The number of rotatable bonds is 1. The molecule has 1 aromatic rings. The van der Waals surface area contributed by atoms with Crippen molar-refractivity contribution in [3.8, 4) is 0 Å². The van der Waals surface area contributed by atoms with Gasteiger partial charge < -0.3 is 0 Å². The van der Waals surface area contributed by atoms with Gasteiger partial charge in [-0.05, 0) is 42.9 Å².